The molecule has 3 rings (SSSR count). The Kier molecular flexibility index (Phi) is 4.53. The van der Waals surface area contributed by atoms with Crippen molar-refractivity contribution in [3.63, 3.8) is 0 Å². The summed E-state index contributed by atoms with van der Waals surface area (Å²) in [4.78, 5) is 16.9. The summed E-state index contributed by atoms with van der Waals surface area (Å²) in [5.41, 5.74) is 2.25. The van der Waals surface area contributed by atoms with Gasteiger partial charge in [-0.1, -0.05) is 23.7 Å². The molecule has 6 heteroatoms. The molecule has 0 aliphatic carbocycles. The number of carbonyl (C=O) groups excluding carboxylic acids is 1. The molecule has 1 atom stereocenters. The molecule has 1 aromatic carbocycles. The summed E-state index contributed by atoms with van der Waals surface area (Å²) in [6, 6.07) is 9.35. The third-order valence-electron chi connectivity index (χ3n) is 3.88. The van der Waals surface area contributed by atoms with E-state index in [0.717, 1.165) is 16.6 Å². The molecule has 0 spiro atoms. The monoisotopic (exact) mass is 342 g/mol. The number of nitrogens with zero attached hydrogens (tertiary/aromatic N) is 3. The number of pyridine rings is 1. The zero-order valence-corrected chi connectivity index (χ0v) is 14.6. The summed E-state index contributed by atoms with van der Waals surface area (Å²) < 4.78 is 1.84. The molecule has 5 nitrogen and oxygen atoms in total. The molecule has 0 radical (unpaired) electrons. The SMILES string of the molecule is CC(NC(=O)c1cnc2c(cnn2C(C)C)c1)c1cccc(Cl)c1. The highest BCUT2D eigenvalue weighted by Crippen LogP contribution is 2.19. The van der Waals surface area contributed by atoms with Crippen molar-refractivity contribution in [2.75, 3.05) is 0 Å². The molecule has 124 valence electrons. The van der Waals surface area contributed by atoms with Crippen molar-refractivity contribution in [2.45, 2.75) is 32.9 Å². The first-order valence-electron chi connectivity index (χ1n) is 7.85. The van der Waals surface area contributed by atoms with Crippen LogP contribution >= 0.6 is 11.6 Å². The summed E-state index contributed by atoms with van der Waals surface area (Å²) in [7, 11) is 0. The zero-order chi connectivity index (χ0) is 17.3. The molecular formula is C18H19ClN4O. The lowest BCUT2D eigenvalue weighted by Gasteiger charge is -2.14. The van der Waals surface area contributed by atoms with E-state index in [-0.39, 0.29) is 18.0 Å². The third kappa shape index (κ3) is 3.26. The lowest BCUT2D eigenvalue weighted by molar-refractivity contribution is 0.0939. The van der Waals surface area contributed by atoms with Gasteiger partial charge in [0.15, 0.2) is 5.65 Å². The van der Waals surface area contributed by atoms with Crippen molar-refractivity contribution < 1.29 is 4.79 Å². The Hall–Kier alpha value is -2.40. The Balaban J connectivity index is 1.81. The second-order valence-electron chi connectivity index (χ2n) is 6.07. The predicted molar refractivity (Wildman–Crippen MR) is 95.2 cm³/mol. The number of amides is 1. The zero-order valence-electron chi connectivity index (χ0n) is 13.8. The third-order valence-corrected chi connectivity index (χ3v) is 4.12. The quantitative estimate of drug-likeness (QED) is 0.774. The molecule has 3 aromatic rings. The van der Waals surface area contributed by atoms with Gasteiger partial charge in [-0.3, -0.25) is 4.79 Å². The maximum atomic E-state index is 12.5. The van der Waals surface area contributed by atoms with E-state index in [1.807, 2.05) is 55.8 Å². The van der Waals surface area contributed by atoms with Crippen LogP contribution in [0.3, 0.4) is 0 Å². The molecular weight excluding hydrogens is 324 g/mol. The fourth-order valence-electron chi connectivity index (χ4n) is 2.58. The number of rotatable bonds is 4. The molecule has 0 aliphatic rings. The van der Waals surface area contributed by atoms with Gasteiger partial charge in [0.2, 0.25) is 0 Å². The topological polar surface area (TPSA) is 59.8 Å². The number of nitrogens with one attached hydrogen (secondary N) is 1. The lowest BCUT2D eigenvalue weighted by Crippen LogP contribution is -2.26. The van der Waals surface area contributed by atoms with Crippen LogP contribution in [0.15, 0.2) is 42.7 Å². The van der Waals surface area contributed by atoms with Gasteiger partial charge in [0.05, 0.1) is 17.8 Å². The number of fused-ring (bicyclic) bond motifs is 1. The molecule has 0 saturated carbocycles. The Morgan fingerprint density at radius 1 is 1.21 bits per heavy atom. The number of benzene rings is 1. The van der Waals surface area contributed by atoms with Crippen LogP contribution in [-0.2, 0) is 0 Å². The average molecular weight is 343 g/mol. The van der Waals surface area contributed by atoms with Crippen molar-refractivity contribution in [1.82, 2.24) is 20.1 Å². The van der Waals surface area contributed by atoms with Gasteiger partial charge in [0, 0.05) is 22.6 Å². The van der Waals surface area contributed by atoms with Crippen molar-refractivity contribution >= 4 is 28.5 Å². The van der Waals surface area contributed by atoms with Crippen molar-refractivity contribution in [3.8, 4) is 0 Å². The number of carbonyl (C=O) groups is 1. The molecule has 0 bridgehead atoms. The van der Waals surface area contributed by atoms with E-state index < -0.39 is 0 Å². The second-order valence-corrected chi connectivity index (χ2v) is 6.51. The van der Waals surface area contributed by atoms with Gasteiger partial charge >= 0.3 is 0 Å². The van der Waals surface area contributed by atoms with Crippen LogP contribution in [-0.4, -0.2) is 20.7 Å². The van der Waals surface area contributed by atoms with E-state index in [1.165, 1.54) is 0 Å². The average Bonchev–Trinajstić information content (AvgIpc) is 2.98. The van der Waals surface area contributed by atoms with Gasteiger partial charge in [-0.15, -0.1) is 0 Å². The highest BCUT2D eigenvalue weighted by Gasteiger charge is 2.14. The molecule has 1 unspecified atom stereocenters. The standard InChI is InChI=1S/C18H19ClN4O/c1-11(2)23-17-14(10-21-23)7-15(9-20-17)18(24)22-12(3)13-5-4-6-16(19)8-13/h4-12H,1-3H3,(H,22,24). The maximum absolute atomic E-state index is 12.5. The van der Waals surface area contributed by atoms with Crippen molar-refractivity contribution in [1.29, 1.82) is 0 Å². The fourth-order valence-corrected chi connectivity index (χ4v) is 2.78. The molecule has 0 saturated heterocycles. The van der Waals surface area contributed by atoms with E-state index in [2.05, 4.69) is 15.4 Å². The molecule has 1 amide bonds. The molecule has 0 fully saturated rings. The minimum Gasteiger partial charge on any atom is -0.345 e. The van der Waals surface area contributed by atoms with E-state index in [0.29, 0.717) is 10.6 Å². The minimum absolute atomic E-state index is 0.148. The number of halogens is 1. The van der Waals surface area contributed by atoms with Crippen molar-refractivity contribution in [2.24, 2.45) is 0 Å². The van der Waals surface area contributed by atoms with Gasteiger partial charge < -0.3 is 5.32 Å². The Morgan fingerprint density at radius 2 is 2.00 bits per heavy atom. The van der Waals surface area contributed by atoms with Crippen LogP contribution in [0.1, 0.15) is 48.8 Å². The summed E-state index contributed by atoms with van der Waals surface area (Å²) in [5, 5.41) is 8.79. The lowest BCUT2D eigenvalue weighted by atomic mass is 10.1. The van der Waals surface area contributed by atoms with Crippen molar-refractivity contribution in [3.05, 3.63) is 58.9 Å². The maximum Gasteiger partial charge on any atom is 0.253 e. The van der Waals surface area contributed by atoms with Crippen LogP contribution < -0.4 is 5.32 Å². The largest absolute Gasteiger partial charge is 0.345 e. The van der Waals surface area contributed by atoms with E-state index in [1.54, 1.807) is 12.4 Å². The van der Waals surface area contributed by atoms with Crippen LogP contribution in [0, 0.1) is 0 Å². The van der Waals surface area contributed by atoms with E-state index >= 15 is 0 Å². The normalized spacial score (nSPS) is 12.5. The van der Waals surface area contributed by atoms with Crippen LogP contribution in [0.4, 0.5) is 0 Å². The van der Waals surface area contributed by atoms with Crippen LogP contribution in [0.25, 0.3) is 11.0 Å². The first-order valence-corrected chi connectivity index (χ1v) is 8.23. The Bertz CT molecular complexity index is 888. The fraction of sp³-hybridized carbons (Fsp3) is 0.278. The Labute approximate surface area is 145 Å². The van der Waals surface area contributed by atoms with Gasteiger partial charge in [-0.2, -0.15) is 5.10 Å². The molecule has 1 N–H and O–H groups in total. The molecule has 2 aromatic heterocycles. The summed E-state index contributed by atoms with van der Waals surface area (Å²) in [5.74, 6) is -0.172. The first kappa shape index (κ1) is 16.5. The summed E-state index contributed by atoms with van der Waals surface area (Å²) in [6.45, 7) is 6.01. The van der Waals surface area contributed by atoms with Gasteiger partial charge in [-0.05, 0) is 44.5 Å². The first-order chi connectivity index (χ1) is 11.5. The molecule has 2 heterocycles. The number of aromatic nitrogens is 3. The highest BCUT2D eigenvalue weighted by atomic mass is 35.5. The molecule has 0 aliphatic heterocycles. The summed E-state index contributed by atoms with van der Waals surface area (Å²) in [6.07, 6.45) is 3.32. The van der Waals surface area contributed by atoms with Gasteiger partial charge in [-0.25, -0.2) is 9.67 Å². The molecule has 24 heavy (non-hydrogen) atoms. The number of hydrogen-bond donors (Lipinski definition) is 1. The van der Waals surface area contributed by atoms with E-state index in [4.69, 9.17) is 11.6 Å². The summed E-state index contributed by atoms with van der Waals surface area (Å²) >= 11 is 6.00. The van der Waals surface area contributed by atoms with Gasteiger partial charge in [0.25, 0.3) is 5.91 Å². The number of hydrogen-bond acceptors (Lipinski definition) is 3. The predicted octanol–water partition coefficient (Wildman–Crippen LogP) is 4.16. The van der Waals surface area contributed by atoms with E-state index in [9.17, 15) is 4.79 Å². The van der Waals surface area contributed by atoms with Crippen LogP contribution in [0.2, 0.25) is 5.02 Å². The second kappa shape index (κ2) is 6.61. The highest BCUT2D eigenvalue weighted by molar-refractivity contribution is 6.30. The minimum atomic E-state index is -0.172. The van der Waals surface area contributed by atoms with Gasteiger partial charge in [0.1, 0.15) is 0 Å². The smallest absolute Gasteiger partial charge is 0.253 e. The van der Waals surface area contributed by atoms with Crippen LogP contribution in [0.5, 0.6) is 0 Å². The Morgan fingerprint density at radius 3 is 2.71 bits per heavy atom.